The quantitative estimate of drug-likeness (QED) is 0.433. The van der Waals surface area contributed by atoms with Crippen molar-refractivity contribution in [3.05, 3.63) is 64.6 Å². The van der Waals surface area contributed by atoms with E-state index >= 15 is 0 Å². The Hall–Kier alpha value is -1.90. The van der Waals surface area contributed by atoms with Crippen LogP contribution in [0.15, 0.2) is 63.4 Å². The molecule has 5 nitrogen and oxygen atoms in total. The van der Waals surface area contributed by atoms with E-state index in [2.05, 4.69) is 43.6 Å². The van der Waals surface area contributed by atoms with Crippen molar-refractivity contribution in [2.75, 3.05) is 11.9 Å². The maximum atomic E-state index is 11.9. The zero-order chi connectivity index (χ0) is 17.5. The Labute approximate surface area is 162 Å². The summed E-state index contributed by atoms with van der Waals surface area (Å²) in [6.07, 6.45) is 0. The van der Waals surface area contributed by atoms with E-state index < -0.39 is 0 Å². The van der Waals surface area contributed by atoms with Gasteiger partial charge in [-0.3, -0.25) is 10.1 Å². The highest BCUT2D eigenvalue weighted by Crippen LogP contribution is 2.28. The van der Waals surface area contributed by atoms with E-state index in [1.807, 2.05) is 30.3 Å². The van der Waals surface area contributed by atoms with Crippen molar-refractivity contribution in [3.63, 3.8) is 0 Å². The zero-order valence-corrected chi connectivity index (χ0v) is 16.2. The Morgan fingerprint density at radius 3 is 2.80 bits per heavy atom. The molecule has 128 valence electrons. The number of anilines is 1. The van der Waals surface area contributed by atoms with E-state index in [4.69, 9.17) is 4.74 Å². The summed E-state index contributed by atoms with van der Waals surface area (Å²) in [7, 11) is 0. The fourth-order valence-corrected chi connectivity index (χ4v) is 4.07. The van der Waals surface area contributed by atoms with E-state index in [1.165, 1.54) is 16.9 Å². The van der Waals surface area contributed by atoms with Gasteiger partial charge in [-0.2, -0.15) is 0 Å². The van der Waals surface area contributed by atoms with Crippen molar-refractivity contribution < 1.29 is 9.53 Å². The molecule has 1 aromatic heterocycles. The third-order valence-electron chi connectivity index (χ3n) is 3.02. The van der Waals surface area contributed by atoms with E-state index in [1.54, 1.807) is 23.9 Å². The second-order valence-electron chi connectivity index (χ2n) is 4.94. The molecule has 0 fully saturated rings. The number of hydrogen-bond donors (Lipinski definition) is 1. The number of nitrogens with zero attached hydrogens (tertiary/aromatic N) is 2. The van der Waals surface area contributed by atoms with Gasteiger partial charge in [0.05, 0.1) is 0 Å². The van der Waals surface area contributed by atoms with E-state index in [0.29, 0.717) is 10.9 Å². The van der Waals surface area contributed by atoms with Gasteiger partial charge in [0.1, 0.15) is 5.75 Å². The number of aromatic nitrogens is 2. The standard InChI is InChI=1S/C17H14BrN3O2S2/c18-13-6-4-5-12(9-13)11-24-17-21-20-16(25-17)19-15(22)10-23-14-7-2-1-3-8-14/h1-9H,10-11H2,(H,19,20,22). The van der Waals surface area contributed by atoms with Gasteiger partial charge in [0, 0.05) is 10.2 Å². The lowest BCUT2D eigenvalue weighted by molar-refractivity contribution is -0.118. The molecule has 0 aliphatic heterocycles. The first-order valence-corrected chi connectivity index (χ1v) is 9.97. The molecule has 8 heteroatoms. The van der Waals surface area contributed by atoms with Crippen LogP contribution in [-0.4, -0.2) is 22.7 Å². The third kappa shape index (κ3) is 5.84. The maximum Gasteiger partial charge on any atom is 0.264 e. The number of carbonyl (C=O) groups excluding carboxylic acids is 1. The second kappa shape index (κ2) is 8.98. The number of carbonyl (C=O) groups is 1. The number of halogens is 1. The molecule has 0 radical (unpaired) electrons. The normalized spacial score (nSPS) is 10.4. The van der Waals surface area contributed by atoms with Crippen LogP contribution in [0.4, 0.5) is 5.13 Å². The number of rotatable bonds is 7. The van der Waals surface area contributed by atoms with E-state index in [-0.39, 0.29) is 12.5 Å². The van der Waals surface area contributed by atoms with Crippen LogP contribution in [0, 0.1) is 0 Å². The number of hydrogen-bond acceptors (Lipinski definition) is 6. The van der Waals surface area contributed by atoms with Gasteiger partial charge in [-0.25, -0.2) is 0 Å². The van der Waals surface area contributed by atoms with Crippen LogP contribution < -0.4 is 10.1 Å². The summed E-state index contributed by atoms with van der Waals surface area (Å²) in [5, 5.41) is 11.3. The van der Waals surface area contributed by atoms with Crippen LogP contribution in [0.25, 0.3) is 0 Å². The molecule has 0 aliphatic rings. The minimum absolute atomic E-state index is 0.0654. The number of nitrogens with one attached hydrogen (secondary N) is 1. The number of thioether (sulfide) groups is 1. The third-order valence-corrected chi connectivity index (χ3v) is 5.55. The van der Waals surface area contributed by atoms with Crippen molar-refractivity contribution >= 4 is 50.1 Å². The van der Waals surface area contributed by atoms with Crippen LogP contribution in [0.2, 0.25) is 0 Å². The Bertz CT molecular complexity index is 843. The van der Waals surface area contributed by atoms with Gasteiger partial charge < -0.3 is 4.74 Å². The Kier molecular flexibility index (Phi) is 6.43. The average molecular weight is 436 g/mol. The van der Waals surface area contributed by atoms with Crippen molar-refractivity contribution in [3.8, 4) is 5.75 Å². The molecule has 25 heavy (non-hydrogen) atoms. The first kappa shape index (κ1) is 17.9. The van der Waals surface area contributed by atoms with Crippen LogP contribution in [-0.2, 0) is 10.5 Å². The van der Waals surface area contributed by atoms with E-state index in [9.17, 15) is 4.79 Å². The molecule has 0 bridgehead atoms. The van der Waals surface area contributed by atoms with Crippen molar-refractivity contribution in [1.82, 2.24) is 10.2 Å². The van der Waals surface area contributed by atoms with Gasteiger partial charge in [0.2, 0.25) is 5.13 Å². The van der Waals surface area contributed by atoms with Gasteiger partial charge in [0.15, 0.2) is 10.9 Å². The molecule has 0 unspecified atom stereocenters. The second-order valence-corrected chi connectivity index (χ2v) is 8.06. The highest BCUT2D eigenvalue weighted by molar-refractivity contribution is 9.10. The topological polar surface area (TPSA) is 64.1 Å². The lowest BCUT2D eigenvalue weighted by atomic mass is 10.2. The predicted molar refractivity (Wildman–Crippen MR) is 104 cm³/mol. The van der Waals surface area contributed by atoms with Crippen molar-refractivity contribution in [2.24, 2.45) is 0 Å². The molecular weight excluding hydrogens is 422 g/mol. The van der Waals surface area contributed by atoms with Gasteiger partial charge in [-0.15, -0.1) is 10.2 Å². The fraction of sp³-hybridized carbons (Fsp3) is 0.118. The molecule has 1 amide bonds. The average Bonchev–Trinajstić information content (AvgIpc) is 3.06. The first-order valence-electron chi connectivity index (χ1n) is 7.37. The summed E-state index contributed by atoms with van der Waals surface area (Å²) < 4.78 is 7.25. The summed E-state index contributed by atoms with van der Waals surface area (Å²) in [4.78, 5) is 11.9. The molecular formula is C17H14BrN3O2S2. The van der Waals surface area contributed by atoms with Gasteiger partial charge in [-0.1, -0.05) is 69.4 Å². The first-order chi connectivity index (χ1) is 12.2. The minimum atomic E-state index is -0.261. The summed E-state index contributed by atoms with van der Waals surface area (Å²) in [5.74, 6) is 1.18. The predicted octanol–water partition coefficient (Wildman–Crippen LogP) is 4.61. The summed E-state index contributed by atoms with van der Waals surface area (Å²) in [6.45, 7) is -0.0654. The van der Waals surface area contributed by atoms with E-state index in [0.717, 1.165) is 14.6 Å². The summed E-state index contributed by atoms with van der Waals surface area (Å²) in [6, 6.07) is 17.3. The number of amides is 1. The van der Waals surface area contributed by atoms with Crippen molar-refractivity contribution in [2.45, 2.75) is 10.1 Å². The zero-order valence-electron chi connectivity index (χ0n) is 13.0. The molecule has 0 saturated carbocycles. The molecule has 0 aliphatic carbocycles. The molecule has 0 atom stereocenters. The Morgan fingerprint density at radius 1 is 1.16 bits per heavy atom. The lowest BCUT2D eigenvalue weighted by Gasteiger charge is -2.04. The maximum absolute atomic E-state index is 11.9. The lowest BCUT2D eigenvalue weighted by Crippen LogP contribution is -2.20. The smallest absolute Gasteiger partial charge is 0.264 e. The largest absolute Gasteiger partial charge is 0.484 e. The van der Waals surface area contributed by atoms with Gasteiger partial charge in [0.25, 0.3) is 5.91 Å². The molecule has 0 spiro atoms. The summed E-state index contributed by atoms with van der Waals surface area (Å²) in [5.41, 5.74) is 1.19. The Morgan fingerprint density at radius 2 is 2.00 bits per heavy atom. The molecule has 3 aromatic rings. The van der Waals surface area contributed by atoms with Crippen LogP contribution in [0.3, 0.4) is 0 Å². The number of para-hydroxylation sites is 1. The summed E-state index contributed by atoms with van der Waals surface area (Å²) >= 11 is 6.39. The van der Waals surface area contributed by atoms with Crippen molar-refractivity contribution in [1.29, 1.82) is 0 Å². The Balaban J connectivity index is 1.47. The van der Waals surface area contributed by atoms with Gasteiger partial charge >= 0.3 is 0 Å². The highest BCUT2D eigenvalue weighted by Gasteiger charge is 2.09. The molecule has 3 rings (SSSR count). The number of benzene rings is 2. The van der Waals surface area contributed by atoms with Crippen LogP contribution >= 0.6 is 39.0 Å². The minimum Gasteiger partial charge on any atom is -0.484 e. The molecule has 2 aromatic carbocycles. The fourth-order valence-electron chi connectivity index (χ4n) is 1.91. The monoisotopic (exact) mass is 435 g/mol. The van der Waals surface area contributed by atoms with Gasteiger partial charge in [-0.05, 0) is 29.8 Å². The highest BCUT2D eigenvalue weighted by atomic mass is 79.9. The molecule has 0 saturated heterocycles. The van der Waals surface area contributed by atoms with Crippen LogP contribution in [0.1, 0.15) is 5.56 Å². The SMILES string of the molecule is O=C(COc1ccccc1)Nc1nnc(SCc2cccc(Br)c2)s1. The van der Waals surface area contributed by atoms with Crippen LogP contribution in [0.5, 0.6) is 5.75 Å². The molecule has 1 heterocycles. The number of ether oxygens (including phenoxy) is 1. The molecule has 1 N–H and O–H groups in total.